The lowest BCUT2D eigenvalue weighted by atomic mass is 10.1. The SMILES string of the molecule is N#Cc1ccc(NC(=O)c2ccoc2Br)c(C(F)(F)F)c1. The molecule has 4 nitrogen and oxygen atoms in total. The van der Waals surface area contributed by atoms with Gasteiger partial charge in [0.05, 0.1) is 34.7 Å². The van der Waals surface area contributed by atoms with Gasteiger partial charge in [0.25, 0.3) is 5.91 Å². The third-order valence-electron chi connectivity index (χ3n) is 2.56. The highest BCUT2D eigenvalue weighted by Crippen LogP contribution is 2.35. The van der Waals surface area contributed by atoms with Crippen molar-refractivity contribution in [1.29, 1.82) is 5.26 Å². The number of hydrogen-bond donors (Lipinski definition) is 1. The first-order valence-corrected chi connectivity index (χ1v) is 6.28. The van der Waals surface area contributed by atoms with Gasteiger partial charge in [-0.3, -0.25) is 4.79 Å². The molecule has 0 bridgehead atoms. The van der Waals surface area contributed by atoms with Crippen LogP contribution in [0.25, 0.3) is 0 Å². The Hall–Kier alpha value is -2.27. The molecule has 1 amide bonds. The van der Waals surface area contributed by atoms with E-state index < -0.39 is 23.3 Å². The number of carbonyl (C=O) groups excluding carboxylic acids is 1. The molecule has 0 unspecified atom stereocenters. The molecule has 2 aromatic rings. The minimum absolute atomic E-state index is 0.0625. The lowest BCUT2D eigenvalue weighted by Crippen LogP contribution is -2.16. The van der Waals surface area contributed by atoms with Gasteiger partial charge in [-0.05, 0) is 40.2 Å². The van der Waals surface area contributed by atoms with Crippen molar-refractivity contribution in [2.45, 2.75) is 6.18 Å². The lowest BCUT2D eigenvalue weighted by molar-refractivity contribution is -0.136. The molecule has 21 heavy (non-hydrogen) atoms. The van der Waals surface area contributed by atoms with E-state index >= 15 is 0 Å². The number of nitriles is 1. The summed E-state index contributed by atoms with van der Waals surface area (Å²) >= 11 is 2.97. The van der Waals surface area contributed by atoms with E-state index in [9.17, 15) is 18.0 Å². The smallest absolute Gasteiger partial charge is 0.418 e. The van der Waals surface area contributed by atoms with Crippen LogP contribution in [-0.2, 0) is 6.18 Å². The van der Waals surface area contributed by atoms with Crippen molar-refractivity contribution in [3.63, 3.8) is 0 Å². The van der Waals surface area contributed by atoms with Crippen molar-refractivity contribution in [3.05, 3.63) is 51.9 Å². The summed E-state index contributed by atoms with van der Waals surface area (Å²) in [6.07, 6.45) is -3.47. The number of carbonyl (C=O) groups is 1. The number of halogens is 4. The van der Waals surface area contributed by atoms with E-state index in [-0.39, 0.29) is 15.8 Å². The maximum absolute atomic E-state index is 12.9. The Bertz CT molecular complexity index is 732. The molecule has 0 spiro atoms. The second-order valence-electron chi connectivity index (χ2n) is 3.93. The fourth-order valence-corrected chi connectivity index (χ4v) is 2.02. The molecule has 0 saturated carbocycles. The third kappa shape index (κ3) is 3.25. The van der Waals surface area contributed by atoms with Gasteiger partial charge in [0.2, 0.25) is 0 Å². The van der Waals surface area contributed by atoms with Crippen LogP contribution in [-0.4, -0.2) is 5.91 Å². The standard InChI is InChI=1S/C13H6BrF3N2O2/c14-11-8(3-4-21-11)12(20)19-10-2-1-7(6-18)5-9(10)13(15,16)17/h1-5H,(H,19,20). The van der Waals surface area contributed by atoms with E-state index in [1.165, 1.54) is 18.4 Å². The third-order valence-corrected chi connectivity index (χ3v) is 3.18. The molecule has 0 fully saturated rings. The zero-order valence-corrected chi connectivity index (χ0v) is 11.7. The van der Waals surface area contributed by atoms with Crippen LogP contribution in [0.3, 0.4) is 0 Å². The summed E-state index contributed by atoms with van der Waals surface area (Å²) in [5.74, 6) is -0.758. The van der Waals surface area contributed by atoms with E-state index in [1.807, 2.05) is 0 Å². The number of benzene rings is 1. The maximum atomic E-state index is 12.9. The van der Waals surface area contributed by atoms with Gasteiger partial charge in [-0.15, -0.1) is 0 Å². The van der Waals surface area contributed by atoms with Gasteiger partial charge in [-0.1, -0.05) is 0 Å². The fourth-order valence-electron chi connectivity index (χ4n) is 1.60. The fraction of sp³-hybridized carbons (Fsp3) is 0.0769. The molecule has 2 rings (SSSR count). The summed E-state index contributed by atoms with van der Waals surface area (Å²) in [7, 11) is 0. The van der Waals surface area contributed by atoms with Crippen molar-refractivity contribution in [1.82, 2.24) is 0 Å². The molecular weight excluding hydrogens is 353 g/mol. The lowest BCUT2D eigenvalue weighted by Gasteiger charge is -2.13. The normalized spacial score (nSPS) is 11.0. The highest BCUT2D eigenvalue weighted by molar-refractivity contribution is 9.10. The Labute approximate surface area is 125 Å². The van der Waals surface area contributed by atoms with Gasteiger partial charge >= 0.3 is 6.18 Å². The van der Waals surface area contributed by atoms with Crippen LogP contribution in [0.4, 0.5) is 18.9 Å². The van der Waals surface area contributed by atoms with Crippen LogP contribution < -0.4 is 5.32 Å². The number of nitrogens with zero attached hydrogens (tertiary/aromatic N) is 1. The second-order valence-corrected chi connectivity index (χ2v) is 4.65. The highest BCUT2D eigenvalue weighted by atomic mass is 79.9. The van der Waals surface area contributed by atoms with Crippen molar-refractivity contribution >= 4 is 27.5 Å². The van der Waals surface area contributed by atoms with Crippen molar-refractivity contribution < 1.29 is 22.4 Å². The minimum Gasteiger partial charge on any atom is -0.457 e. The number of rotatable bonds is 2. The number of furan rings is 1. The Morgan fingerprint density at radius 3 is 2.57 bits per heavy atom. The first kappa shape index (κ1) is 15.1. The van der Waals surface area contributed by atoms with Gasteiger partial charge in [0, 0.05) is 0 Å². The number of alkyl halides is 3. The van der Waals surface area contributed by atoms with Crippen molar-refractivity contribution in [2.24, 2.45) is 0 Å². The van der Waals surface area contributed by atoms with Crippen LogP contribution >= 0.6 is 15.9 Å². The largest absolute Gasteiger partial charge is 0.457 e. The Kier molecular flexibility index (Phi) is 4.04. The number of anilines is 1. The Morgan fingerprint density at radius 1 is 1.33 bits per heavy atom. The molecule has 0 aliphatic heterocycles. The Balaban J connectivity index is 2.39. The van der Waals surface area contributed by atoms with Gasteiger partial charge in [0.1, 0.15) is 0 Å². The first-order chi connectivity index (χ1) is 9.82. The van der Waals surface area contributed by atoms with E-state index in [0.717, 1.165) is 6.07 Å². The summed E-state index contributed by atoms with van der Waals surface area (Å²) in [5.41, 5.74) is -1.61. The topological polar surface area (TPSA) is 66.0 Å². The molecule has 0 radical (unpaired) electrons. The monoisotopic (exact) mass is 358 g/mol. The molecule has 8 heteroatoms. The molecule has 1 N–H and O–H groups in total. The zero-order valence-electron chi connectivity index (χ0n) is 10.2. The van der Waals surface area contributed by atoms with Crippen LogP contribution in [0, 0.1) is 11.3 Å². The predicted octanol–water partition coefficient (Wildman–Crippen LogP) is 4.18. The molecule has 0 atom stereocenters. The average Bonchev–Trinajstić information content (AvgIpc) is 2.84. The van der Waals surface area contributed by atoms with Gasteiger partial charge in [0.15, 0.2) is 4.67 Å². The highest BCUT2D eigenvalue weighted by Gasteiger charge is 2.34. The molecule has 0 aliphatic rings. The van der Waals surface area contributed by atoms with E-state index in [1.54, 1.807) is 6.07 Å². The molecule has 1 heterocycles. The Morgan fingerprint density at radius 2 is 2.05 bits per heavy atom. The summed E-state index contributed by atoms with van der Waals surface area (Å²) < 4.78 is 43.8. The molecular formula is C13H6BrF3N2O2. The molecule has 1 aromatic carbocycles. The van der Waals surface area contributed by atoms with Crippen molar-refractivity contribution in [2.75, 3.05) is 5.32 Å². The molecule has 0 aliphatic carbocycles. The number of nitrogens with one attached hydrogen (secondary N) is 1. The summed E-state index contributed by atoms with van der Waals surface area (Å²) in [6, 6.07) is 5.84. The quantitative estimate of drug-likeness (QED) is 0.875. The van der Waals surface area contributed by atoms with Gasteiger partial charge < -0.3 is 9.73 Å². The first-order valence-electron chi connectivity index (χ1n) is 5.48. The molecule has 0 saturated heterocycles. The summed E-state index contributed by atoms with van der Waals surface area (Å²) in [4.78, 5) is 11.9. The maximum Gasteiger partial charge on any atom is 0.418 e. The summed E-state index contributed by atoms with van der Waals surface area (Å²) in [6.45, 7) is 0. The second kappa shape index (κ2) is 5.61. The number of hydrogen-bond acceptors (Lipinski definition) is 3. The van der Waals surface area contributed by atoms with Crippen LogP contribution in [0.15, 0.2) is 39.6 Å². The van der Waals surface area contributed by atoms with Crippen LogP contribution in [0.5, 0.6) is 0 Å². The van der Waals surface area contributed by atoms with Gasteiger partial charge in [-0.25, -0.2) is 0 Å². The molecule has 108 valence electrons. The van der Waals surface area contributed by atoms with Crippen molar-refractivity contribution in [3.8, 4) is 6.07 Å². The zero-order chi connectivity index (χ0) is 15.6. The predicted molar refractivity (Wildman–Crippen MR) is 70.5 cm³/mol. The van der Waals surface area contributed by atoms with E-state index in [2.05, 4.69) is 21.2 Å². The van der Waals surface area contributed by atoms with Gasteiger partial charge in [-0.2, -0.15) is 18.4 Å². The average molecular weight is 359 g/mol. The van der Waals surface area contributed by atoms with Crippen LogP contribution in [0.1, 0.15) is 21.5 Å². The number of amides is 1. The summed E-state index contributed by atoms with van der Waals surface area (Å²) in [5, 5.41) is 10.8. The van der Waals surface area contributed by atoms with E-state index in [0.29, 0.717) is 6.07 Å². The minimum atomic E-state index is -4.69. The van der Waals surface area contributed by atoms with E-state index in [4.69, 9.17) is 9.68 Å². The van der Waals surface area contributed by atoms with Crippen LogP contribution in [0.2, 0.25) is 0 Å². The molecule has 1 aromatic heterocycles.